The summed E-state index contributed by atoms with van der Waals surface area (Å²) in [6.45, 7) is 0. The molecule has 1 unspecified atom stereocenters. The fourth-order valence-corrected chi connectivity index (χ4v) is 4.04. The van der Waals surface area contributed by atoms with Crippen molar-refractivity contribution in [2.24, 2.45) is 5.73 Å². The number of carbonyl (C=O) groups excluding carboxylic acids is 2. The summed E-state index contributed by atoms with van der Waals surface area (Å²) in [5.41, 5.74) is 8.49. The lowest BCUT2D eigenvalue weighted by Crippen LogP contribution is -2.39. The molecule has 0 spiro atoms. The van der Waals surface area contributed by atoms with E-state index in [0.717, 1.165) is 20.5 Å². The molecule has 2 amide bonds. The molecular formula is C15H13BrN2O2S. The molecule has 2 N–H and O–H groups in total. The Morgan fingerprint density at radius 3 is 2.76 bits per heavy atom. The topological polar surface area (TPSA) is 63.4 Å². The number of carbonyl (C=O) groups is 2. The van der Waals surface area contributed by atoms with Crippen molar-refractivity contribution in [3.05, 3.63) is 55.7 Å². The Balaban J connectivity index is 2.02. The molecule has 4 nitrogen and oxygen atoms in total. The molecule has 21 heavy (non-hydrogen) atoms. The minimum atomic E-state index is -0.291. The highest BCUT2D eigenvalue weighted by Crippen LogP contribution is 2.33. The van der Waals surface area contributed by atoms with Crippen LogP contribution in [0.5, 0.6) is 0 Å². The van der Waals surface area contributed by atoms with Gasteiger partial charge in [-0.25, -0.2) is 0 Å². The molecule has 2 aromatic rings. The molecule has 2 heterocycles. The fraction of sp³-hybridized carbons (Fsp3) is 0.200. The standard InChI is InChI=1S/C15H13BrN2O2S/c1-18-12(19)7-8-2-3-9(6-10(8)15(18)20)13(17)14-11(16)4-5-21-14/h2-6,13H,7,17H2,1H3. The zero-order valence-electron chi connectivity index (χ0n) is 11.3. The molecular weight excluding hydrogens is 352 g/mol. The van der Waals surface area contributed by atoms with Crippen LogP contribution in [0, 0.1) is 0 Å². The molecule has 0 saturated carbocycles. The van der Waals surface area contributed by atoms with E-state index >= 15 is 0 Å². The fourth-order valence-electron chi connectivity index (χ4n) is 2.39. The Morgan fingerprint density at radius 2 is 2.10 bits per heavy atom. The third-order valence-corrected chi connectivity index (χ3v) is 5.62. The molecule has 0 bridgehead atoms. The Hall–Kier alpha value is -1.50. The second-order valence-electron chi connectivity index (χ2n) is 4.96. The average molecular weight is 365 g/mol. The summed E-state index contributed by atoms with van der Waals surface area (Å²) >= 11 is 5.05. The summed E-state index contributed by atoms with van der Waals surface area (Å²) in [5.74, 6) is -0.439. The van der Waals surface area contributed by atoms with E-state index in [1.165, 1.54) is 11.9 Å². The number of amides is 2. The van der Waals surface area contributed by atoms with Crippen LogP contribution in [0.1, 0.15) is 32.4 Å². The van der Waals surface area contributed by atoms with E-state index in [4.69, 9.17) is 5.73 Å². The number of thiophene rings is 1. The van der Waals surface area contributed by atoms with Crippen molar-refractivity contribution in [2.75, 3.05) is 7.05 Å². The SMILES string of the molecule is CN1C(=O)Cc2ccc(C(N)c3sccc3Br)cc2C1=O. The molecule has 1 aliphatic heterocycles. The third kappa shape index (κ3) is 2.43. The summed E-state index contributed by atoms with van der Waals surface area (Å²) in [5, 5.41) is 1.97. The molecule has 1 aliphatic rings. The number of fused-ring (bicyclic) bond motifs is 1. The molecule has 1 atom stereocenters. The van der Waals surface area contributed by atoms with Crippen molar-refractivity contribution in [1.82, 2.24) is 4.90 Å². The van der Waals surface area contributed by atoms with Gasteiger partial charge in [0.15, 0.2) is 0 Å². The summed E-state index contributed by atoms with van der Waals surface area (Å²) < 4.78 is 0.969. The maximum Gasteiger partial charge on any atom is 0.260 e. The van der Waals surface area contributed by atoms with Gasteiger partial charge in [0.05, 0.1) is 12.5 Å². The molecule has 108 valence electrons. The van der Waals surface area contributed by atoms with Gasteiger partial charge < -0.3 is 5.73 Å². The van der Waals surface area contributed by atoms with E-state index in [1.807, 2.05) is 23.6 Å². The van der Waals surface area contributed by atoms with Crippen LogP contribution >= 0.6 is 27.3 Å². The van der Waals surface area contributed by atoms with Crippen molar-refractivity contribution in [3.63, 3.8) is 0 Å². The van der Waals surface area contributed by atoms with Gasteiger partial charge in [-0.05, 0) is 44.6 Å². The minimum Gasteiger partial charge on any atom is -0.320 e. The number of imide groups is 1. The monoisotopic (exact) mass is 364 g/mol. The second-order valence-corrected chi connectivity index (χ2v) is 6.76. The number of rotatable bonds is 2. The Bertz CT molecular complexity index is 741. The van der Waals surface area contributed by atoms with Crippen LogP contribution in [0.25, 0.3) is 0 Å². The second kappa shape index (κ2) is 5.36. The summed E-state index contributed by atoms with van der Waals surface area (Å²) in [6.07, 6.45) is 0.260. The number of likely N-dealkylation sites (N-methyl/N-ethyl adjacent to an activating group) is 1. The smallest absolute Gasteiger partial charge is 0.260 e. The first-order valence-electron chi connectivity index (χ1n) is 6.41. The molecule has 0 aliphatic carbocycles. The van der Waals surface area contributed by atoms with Gasteiger partial charge in [-0.2, -0.15) is 0 Å². The molecule has 0 radical (unpaired) electrons. The van der Waals surface area contributed by atoms with E-state index < -0.39 is 0 Å². The summed E-state index contributed by atoms with van der Waals surface area (Å²) in [4.78, 5) is 26.1. The molecule has 3 rings (SSSR count). The number of benzene rings is 1. The van der Waals surface area contributed by atoms with E-state index in [2.05, 4.69) is 15.9 Å². The highest BCUT2D eigenvalue weighted by atomic mass is 79.9. The predicted molar refractivity (Wildman–Crippen MR) is 85.3 cm³/mol. The highest BCUT2D eigenvalue weighted by molar-refractivity contribution is 9.10. The van der Waals surface area contributed by atoms with Crippen LogP contribution in [0.3, 0.4) is 0 Å². The Labute approximate surface area is 134 Å². The van der Waals surface area contributed by atoms with Crippen LogP contribution in [0.15, 0.2) is 34.1 Å². The van der Waals surface area contributed by atoms with E-state index in [9.17, 15) is 9.59 Å². The molecule has 6 heteroatoms. The predicted octanol–water partition coefficient (Wildman–Crippen LogP) is 2.71. The lowest BCUT2D eigenvalue weighted by atomic mass is 9.94. The lowest BCUT2D eigenvalue weighted by Gasteiger charge is -2.24. The van der Waals surface area contributed by atoms with E-state index in [-0.39, 0.29) is 24.3 Å². The number of halogens is 1. The van der Waals surface area contributed by atoms with Crippen molar-refractivity contribution in [3.8, 4) is 0 Å². The largest absolute Gasteiger partial charge is 0.320 e. The first-order chi connectivity index (χ1) is 9.99. The van der Waals surface area contributed by atoms with Gasteiger partial charge in [0.2, 0.25) is 5.91 Å². The van der Waals surface area contributed by atoms with Gasteiger partial charge in [-0.15, -0.1) is 11.3 Å². The van der Waals surface area contributed by atoms with Crippen LogP contribution in [0.2, 0.25) is 0 Å². The quantitative estimate of drug-likeness (QED) is 0.833. The highest BCUT2D eigenvalue weighted by Gasteiger charge is 2.28. The average Bonchev–Trinajstić information content (AvgIpc) is 2.90. The number of hydrogen-bond acceptors (Lipinski definition) is 4. The van der Waals surface area contributed by atoms with Crippen LogP contribution in [-0.2, 0) is 11.2 Å². The van der Waals surface area contributed by atoms with Gasteiger partial charge in [-0.1, -0.05) is 12.1 Å². The first-order valence-corrected chi connectivity index (χ1v) is 8.08. The van der Waals surface area contributed by atoms with Gasteiger partial charge in [0, 0.05) is 22.0 Å². The van der Waals surface area contributed by atoms with Crippen molar-refractivity contribution in [2.45, 2.75) is 12.5 Å². The van der Waals surface area contributed by atoms with Crippen LogP contribution in [0.4, 0.5) is 0 Å². The first kappa shape index (κ1) is 14.4. The van der Waals surface area contributed by atoms with Gasteiger partial charge in [0.25, 0.3) is 5.91 Å². The number of nitrogens with two attached hydrogens (primary N) is 1. The molecule has 0 saturated heterocycles. The zero-order chi connectivity index (χ0) is 15.1. The van der Waals surface area contributed by atoms with Crippen molar-refractivity contribution < 1.29 is 9.59 Å². The maximum absolute atomic E-state index is 12.2. The zero-order valence-corrected chi connectivity index (χ0v) is 13.7. The Kier molecular flexibility index (Phi) is 3.69. The van der Waals surface area contributed by atoms with E-state index in [0.29, 0.717) is 5.56 Å². The van der Waals surface area contributed by atoms with Gasteiger partial charge in [0.1, 0.15) is 0 Å². The number of nitrogens with zero attached hydrogens (tertiary/aromatic N) is 1. The Morgan fingerprint density at radius 1 is 1.33 bits per heavy atom. The molecule has 1 aromatic heterocycles. The summed E-state index contributed by atoms with van der Waals surface area (Å²) in [7, 11) is 1.51. The van der Waals surface area contributed by atoms with E-state index in [1.54, 1.807) is 17.4 Å². The maximum atomic E-state index is 12.2. The lowest BCUT2D eigenvalue weighted by molar-refractivity contribution is -0.127. The van der Waals surface area contributed by atoms with Crippen molar-refractivity contribution >= 4 is 39.1 Å². The van der Waals surface area contributed by atoms with Crippen molar-refractivity contribution in [1.29, 1.82) is 0 Å². The van der Waals surface area contributed by atoms with Gasteiger partial charge >= 0.3 is 0 Å². The summed E-state index contributed by atoms with van der Waals surface area (Å²) in [6, 6.07) is 7.18. The van der Waals surface area contributed by atoms with Gasteiger partial charge in [-0.3, -0.25) is 14.5 Å². The number of hydrogen-bond donors (Lipinski definition) is 1. The molecule has 1 aromatic carbocycles. The normalized spacial score (nSPS) is 16.0. The minimum absolute atomic E-state index is 0.175. The van der Waals surface area contributed by atoms with Crippen LogP contribution in [-0.4, -0.2) is 23.8 Å². The van der Waals surface area contributed by atoms with Crippen LogP contribution < -0.4 is 5.73 Å². The third-order valence-electron chi connectivity index (χ3n) is 3.67. The molecule has 0 fully saturated rings.